The monoisotopic (exact) mass is 279 g/mol. The highest BCUT2D eigenvalue weighted by atomic mass is 16.5. The molecule has 3 unspecified atom stereocenters. The smallest absolute Gasteiger partial charge is 0.228 e. The predicted octanol–water partition coefficient (Wildman–Crippen LogP) is 3.54. The molecule has 3 atom stereocenters. The summed E-state index contributed by atoms with van der Waals surface area (Å²) < 4.78 is 5.47. The molecule has 4 nitrogen and oxygen atoms in total. The van der Waals surface area contributed by atoms with Gasteiger partial charge in [-0.1, -0.05) is 38.8 Å². The van der Waals surface area contributed by atoms with Gasteiger partial charge in [-0.05, 0) is 38.1 Å². The summed E-state index contributed by atoms with van der Waals surface area (Å²) in [5.41, 5.74) is 0. The normalized spacial score (nSPS) is 25.1. The predicted molar refractivity (Wildman–Crippen MR) is 80.7 cm³/mol. The Morgan fingerprint density at radius 3 is 2.80 bits per heavy atom. The van der Waals surface area contributed by atoms with Gasteiger partial charge in [0.2, 0.25) is 5.89 Å². The van der Waals surface area contributed by atoms with Gasteiger partial charge in [-0.15, -0.1) is 0 Å². The van der Waals surface area contributed by atoms with Crippen LogP contribution in [0.5, 0.6) is 0 Å². The molecule has 2 rings (SSSR count). The van der Waals surface area contributed by atoms with Gasteiger partial charge in [0.1, 0.15) is 0 Å². The van der Waals surface area contributed by atoms with Crippen LogP contribution in [-0.4, -0.2) is 23.2 Å². The molecule has 1 aliphatic carbocycles. The molecule has 1 saturated carbocycles. The molecule has 20 heavy (non-hydrogen) atoms. The maximum atomic E-state index is 5.47. The highest BCUT2D eigenvalue weighted by Gasteiger charge is 2.25. The lowest BCUT2D eigenvalue weighted by Gasteiger charge is -2.23. The van der Waals surface area contributed by atoms with Crippen molar-refractivity contribution in [3.63, 3.8) is 0 Å². The summed E-state index contributed by atoms with van der Waals surface area (Å²) in [5.74, 6) is 3.70. The molecule has 0 aliphatic heterocycles. The second-order valence-electron chi connectivity index (χ2n) is 6.83. The van der Waals surface area contributed by atoms with Gasteiger partial charge in [0.05, 0.1) is 0 Å². The Labute approximate surface area is 122 Å². The van der Waals surface area contributed by atoms with Crippen LogP contribution in [-0.2, 0) is 6.42 Å². The van der Waals surface area contributed by atoms with Gasteiger partial charge in [-0.25, -0.2) is 0 Å². The summed E-state index contributed by atoms with van der Waals surface area (Å²) >= 11 is 0. The van der Waals surface area contributed by atoms with E-state index in [9.17, 15) is 0 Å². The van der Waals surface area contributed by atoms with Gasteiger partial charge in [0, 0.05) is 18.4 Å². The van der Waals surface area contributed by atoms with Gasteiger partial charge in [-0.3, -0.25) is 0 Å². The average molecular weight is 279 g/mol. The Bertz CT molecular complexity index is 402. The molecule has 1 N–H and O–H groups in total. The van der Waals surface area contributed by atoms with Crippen LogP contribution in [0.15, 0.2) is 4.52 Å². The van der Waals surface area contributed by atoms with Gasteiger partial charge >= 0.3 is 0 Å². The van der Waals surface area contributed by atoms with E-state index in [4.69, 9.17) is 4.52 Å². The molecule has 1 aromatic rings. The zero-order valence-electron chi connectivity index (χ0n) is 13.4. The van der Waals surface area contributed by atoms with Crippen LogP contribution in [0.3, 0.4) is 0 Å². The lowest BCUT2D eigenvalue weighted by Crippen LogP contribution is -2.29. The largest absolute Gasteiger partial charge is 0.339 e. The first kappa shape index (κ1) is 15.5. The van der Waals surface area contributed by atoms with E-state index in [1.807, 2.05) is 7.05 Å². The zero-order chi connectivity index (χ0) is 14.5. The number of hydrogen-bond acceptors (Lipinski definition) is 4. The van der Waals surface area contributed by atoms with Crippen molar-refractivity contribution < 1.29 is 4.52 Å². The van der Waals surface area contributed by atoms with E-state index in [2.05, 4.69) is 36.2 Å². The summed E-state index contributed by atoms with van der Waals surface area (Å²) in [6, 6.07) is 0.425. The van der Waals surface area contributed by atoms with Crippen molar-refractivity contribution in [3.8, 4) is 0 Å². The summed E-state index contributed by atoms with van der Waals surface area (Å²) in [6.45, 7) is 6.81. The maximum Gasteiger partial charge on any atom is 0.228 e. The van der Waals surface area contributed by atoms with E-state index in [0.29, 0.717) is 17.9 Å². The minimum absolute atomic E-state index is 0.425. The minimum Gasteiger partial charge on any atom is -0.339 e. The maximum absolute atomic E-state index is 5.47. The third-order valence-electron chi connectivity index (χ3n) is 4.37. The van der Waals surface area contributed by atoms with Gasteiger partial charge < -0.3 is 9.84 Å². The second kappa shape index (κ2) is 7.21. The highest BCUT2D eigenvalue weighted by Crippen LogP contribution is 2.34. The van der Waals surface area contributed by atoms with Crippen LogP contribution < -0.4 is 5.32 Å². The fourth-order valence-electron chi connectivity index (χ4n) is 3.27. The third kappa shape index (κ3) is 4.30. The van der Waals surface area contributed by atoms with Crippen LogP contribution in [0, 0.1) is 11.8 Å². The number of aromatic nitrogens is 2. The number of rotatable bonds is 6. The molecule has 1 aliphatic rings. The van der Waals surface area contributed by atoms with Gasteiger partial charge in [-0.2, -0.15) is 4.98 Å². The summed E-state index contributed by atoms with van der Waals surface area (Å²) in [6.07, 6.45) is 7.03. The molecule has 1 fully saturated rings. The van der Waals surface area contributed by atoms with E-state index in [1.165, 1.54) is 25.7 Å². The van der Waals surface area contributed by atoms with Crippen molar-refractivity contribution >= 4 is 0 Å². The Kier molecular flexibility index (Phi) is 5.58. The zero-order valence-corrected chi connectivity index (χ0v) is 13.4. The SMILES string of the molecule is CNC(Cc1nc(C2CCCC(C)C2)no1)CC(C)C. The van der Waals surface area contributed by atoms with Crippen LogP contribution in [0.4, 0.5) is 0 Å². The van der Waals surface area contributed by atoms with Crippen molar-refractivity contribution in [2.24, 2.45) is 11.8 Å². The lowest BCUT2D eigenvalue weighted by atomic mass is 9.82. The van der Waals surface area contributed by atoms with E-state index >= 15 is 0 Å². The second-order valence-corrected chi connectivity index (χ2v) is 6.83. The molecule has 0 saturated heterocycles. The first-order valence-electron chi connectivity index (χ1n) is 8.08. The minimum atomic E-state index is 0.425. The fourth-order valence-corrected chi connectivity index (χ4v) is 3.27. The van der Waals surface area contributed by atoms with E-state index in [1.54, 1.807) is 0 Å². The quantitative estimate of drug-likeness (QED) is 0.865. The Hall–Kier alpha value is -0.900. The Balaban J connectivity index is 1.94. The summed E-state index contributed by atoms with van der Waals surface area (Å²) in [7, 11) is 2.01. The lowest BCUT2D eigenvalue weighted by molar-refractivity contribution is 0.315. The fraction of sp³-hybridized carbons (Fsp3) is 0.875. The topological polar surface area (TPSA) is 51.0 Å². The van der Waals surface area contributed by atoms with Crippen LogP contribution in [0.25, 0.3) is 0 Å². The Morgan fingerprint density at radius 1 is 1.35 bits per heavy atom. The average Bonchev–Trinajstić information content (AvgIpc) is 2.86. The molecule has 0 bridgehead atoms. The van der Waals surface area contributed by atoms with Crippen LogP contribution in [0.2, 0.25) is 0 Å². The molecular formula is C16H29N3O. The molecule has 1 heterocycles. The standard InChI is InChI=1S/C16H29N3O/c1-11(2)8-14(17-4)10-15-18-16(19-20-15)13-7-5-6-12(3)9-13/h11-14,17H,5-10H2,1-4H3. The number of hydrogen-bond donors (Lipinski definition) is 1. The first-order valence-corrected chi connectivity index (χ1v) is 8.08. The molecule has 4 heteroatoms. The van der Waals surface area contributed by atoms with Crippen molar-refractivity contribution in [2.75, 3.05) is 7.05 Å². The highest BCUT2D eigenvalue weighted by molar-refractivity contribution is 4.98. The number of nitrogens with zero attached hydrogens (tertiary/aromatic N) is 2. The molecule has 0 spiro atoms. The first-order chi connectivity index (χ1) is 9.58. The van der Waals surface area contributed by atoms with Gasteiger partial charge in [0.25, 0.3) is 0 Å². The van der Waals surface area contributed by atoms with Crippen LogP contribution >= 0.6 is 0 Å². The molecule has 0 radical (unpaired) electrons. The van der Waals surface area contributed by atoms with Crippen LogP contribution in [0.1, 0.15) is 70.5 Å². The summed E-state index contributed by atoms with van der Waals surface area (Å²) in [5, 5.41) is 7.58. The number of likely N-dealkylation sites (N-methyl/N-ethyl adjacent to an activating group) is 1. The molecule has 1 aromatic heterocycles. The van der Waals surface area contributed by atoms with E-state index in [0.717, 1.165) is 30.5 Å². The van der Waals surface area contributed by atoms with Crippen molar-refractivity contribution in [1.82, 2.24) is 15.5 Å². The van der Waals surface area contributed by atoms with Gasteiger partial charge in [0.15, 0.2) is 5.82 Å². The van der Waals surface area contributed by atoms with Crippen molar-refractivity contribution in [3.05, 3.63) is 11.7 Å². The van der Waals surface area contributed by atoms with Crippen molar-refractivity contribution in [2.45, 2.75) is 71.3 Å². The summed E-state index contributed by atoms with van der Waals surface area (Å²) in [4.78, 5) is 4.65. The molecular weight excluding hydrogens is 250 g/mol. The molecule has 114 valence electrons. The molecule has 0 amide bonds. The number of nitrogens with one attached hydrogen (secondary N) is 1. The van der Waals surface area contributed by atoms with Crippen molar-refractivity contribution in [1.29, 1.82) is 0 Å². The Morgan fingerprint density at radius 2 is 2.15 bits per heavy atom. The van der Waals surface area contributed by atoms with E-state index < -0.39 is 0 Å². The van der Waals surface area contributed by atoms with E-state index in [-0.39, 0.29) is 0 Å². The third-order valence-corrected chi connectivity index (χ3v) is 4.37. The molecule has 0 aromatic carbocycles.